The fourth-order valence-corrected chi connectivity index (χ4v) is 10.2. The first kappa shape index (κ1) is 72.0. The van der Waals surface area contributed by atoms with E-state index in [1.165, 1.54) is 122 Å². The van der Waals surface area contributed by atoms with Crippen LogP contribution in [0, 0.1) is 0 Å². The molecule has 1 amide bonds. The lowest BCUT2D eigenvalue weighted by molar-refractivity contribution is -0.379. The van der Waals surface area contributed by atoms with Gasteiger partial charge in [-0.25, -0.2) is 0 Å². The molecule has 80 heavy (non-hydrogen) atoms. The first-order valence-corrected chi connectivity index (χ1v) is 30.9. The SMILES string of the molecule is CCCC/C=C/C(O)C(COC1OC(CO)C(OC2OC(CO)C(OC3OC(CO)C(O)C(O)C3O)C(O)C2O)C(O)C1O)NC(=O)CCCCCCCCCCCCCCCCCC/C=C\C/C=C\C/C=C\CCCCCCC. The van der Waals surface area contributed by atoms with Crippen molar-refractivity contribution < 1.29 is 89.4 Å². The second kappa shape index (κ2) is 44.3. The first-order chi connectivity index (χ1) is 38.8. The van der Waals surface area contributed by atoms with Gasteiger partial charge in [-0.15, -0.1) is 0 Å². The molecule has 0 aliphatic carbocycles. The highest BCUT2D eigenvalue weighted by molar-refractivity contribution is 5.76. The Hall–Kier alpha value is -2.25. The summed E-state index contributed by atoms with van der Waals surface area (Å²) >= 11 is 0. The topological polar surface area (TPSA) is 307 Å². The van der Waals surface area contributed by atoms with Crippen LogP contribution < -0.4 is 5.32 Å². The number of nitrogens with one attached hydrogen (secondary N) is 1. The summed E-state index contributed by atoms with van der Waals surface area (Å²) in [6.07, 6.45) is 23.6. The smallest absolute Gasteiger partial charge is 0.220 e. The number of aliphatic hydroxyl groups excluding tert-OH is 11. The summed E-state index contributed by atoms with van der Waals surface area (Å²) in [6, 6.07) is -0.969. The Kier molecular flexibility index (Phi) is 39.8. The Balaban J connectivity index is 1.29. The molecule has 3 aliphatic rings. The van der Waals surface area contributed by atoms with Gasteiger partial charge in [0.25, 0.3) is 0 Å². The van der Waals surface area contributed by atoms with E-state index in [2.05, 4.69) is 48.7 Å². The minimum absolute atomic E-state index is 0.241. The van der Waals surface area contributed by atoms with Crippen molar-refractivity contribution in [2.75, 3.05) is 26.4 Å². The number of aliphatic hydroxyl groups is 11. The van der Waals surface area contributed by atoms with Crippen LogP contribution in [0.25, 0.3) is 0 Å². The van der Waals surface area contributed by atoms with Gasteiger partial charge in [0.1, 0.15) is 73.2 Å². The highest BCUT2D eigenvalue weighted by atomic mass is 16.8. The van der Waals surface area contributed by atoms with Crippen molar-refractivity contribution in [3.8, 4) is 0 Å². The van der Waals surface area contributed by atoms with Crippen LogP contribution in [0.3, 0.4) is 0 Å². The van der Waals surface area contributed by atoms with E-state index in [0.29, 0.717) is 12.8 Å². The third-order valence-corrected chi connectivity index (χ3v) is 15.4. The number of ether oxygens (including phenoxy) is 6. The van der Waals surface area contributed by atoms with Crippen molar-refractivity contribution in [2.45, 2.75) is 304 Å². The van der Waals surface area contributed by atoms with Gasteiger partial charge >= 0.3 is 0 Å². The van der Waals surface area contributed by atoms with Gasteiger partial charge in [0, 0.05) is 6.42 Å². The monoisotopic (exact) mass is 1140 g/mol. The van der Waals surface area contributed by atoms with E-state index in [4.69, 9.17) is 28.4 Å². The van der Waals surface area contributed by atoms with Gasteiger partial charge in [-0.05, 0) is 51.4 Å². The maximum atomic E-state index is 13.2. The van der Waals surface area contributed by atoms with E-state index in [-0.39, 0.29) is 18.9 Å². The van der Waals surface area contributed by atoms with Gasteiger partial charge in [0.05, 0.1) is 38.6 Å². The van der Waals surface area contributed by atoms with E-state index in [9.17, 15) is 61.0 Å². The van der Waals surface area contributed by atoms with E-state index < -0.39 is 124 Å². The average Bonchev–Trinajstić information content (AvgIpc) is 3.55. The summed E-state index contributed by atoms with van der Waals surface area (Å²) in [4.78, 5) is 13.2. The Morgan fingerprint density at radius 2 is 0.838 bits per heavy atom. The van der Waals surface area contributed by atoms with E-state index in [0.717, 1.165) is 44.9 Å². The number of hydrogen-bond donors (Lipinski definition) is 12. The normalized spacial score (nSPS) is 30.3. The highest BCUT2D eigenvalue weighted by Gasteiger charge is 2.53. The molecule has 12 N–H and O–H groups in total. The average molecular weight is 1140 g/mol. The molecule has 17 atom stereocenters. The van der Waals surface area contributed by atoms with Crippen molar-refractivity contribution in [1.29, 1.82) is 0 Å². The maximum absolute atomic E-state index is 13.2. The molecule has 3 rings (SSSR count). The zero-order valence-corrected chi connectivity index (χ0v) is 48.5. The fourth-order valence-electron chi connectivity index (χ4n) is 10.2. The summed E-state index contributed by atoms with van der Waals surface area (Å²) in [5.41, 5.74) is 0. The Morgan fingerprint density at radius 1 is 0.450 bits per heavy atom. The Bertz CT molecular complexity index is 1650. The molecule has 0 aromatic rings. The molecule has 0 saturated carbocycles. The van der Waals surface area contributed by atoms with Crippen molar-refractivity contribution in [3.05, 3.63) is 48.6 Å². The van der Waals surface area contributed by atoms with Gasteiger partial charge in [-0.1, -0.05) is 191 Å². The summed E-state index contributed by atoms with van der Waals surface area (Å²) in [6.45, 7) is 1.53. The zero-order valence-electron chi connectivity index (χ0n) is 48.5. The van der Waals surface area contributed by atoms with Gasteiger partial charge in [0.15, 0.2) is 18.9 Å². The molecule has 19 heteroatoms. The maximum Gasteiger partial charge on any atom is 0.220 e. The van der Waals surface area contributed by atoms with Crippen LogP contribution in [0.15, 0.2) is 48.6 Å². The number of amides is 1. The molecule has 3 heterocycles. The van der Waals surface area contributed by atoms with Crippen molar-refractivity contribution in [2.24, 2.45) is 0 Å². The first-order valence-electron chi connectivity index (χ1n) is 30.9. The second-order valence-corrected chi connectivity index (χ2v) is 22.2. The molecule has 3 saturated heterocycles. The predicted molar refractivity (Wildman–Crippen MR) is 305 cm³/mol. The van der Waals surface area contributed by atoms with E-state index >= 15 is 0 Å². The summed E-state index contributed by atoms with van der Waals surface area (Å²) in [7, 11) is 0. The lowest BCUT2D eigenvalue weighted by Crippen LogP contribution is -2.66. The molecule has 3 fully saturated rings. The molecule has 0 bridgehead atoms. The molecule has 0 spiro atoms. The van der Waals surface area contributed by atoms with Crippen molar-refractivity contribution in [1.82, 2.24) is 5.32 Å². The number of rotatable bonds is 45. The van der Waals surface area contributed by atoms with Crippen molar-refractivity contribution >= 4 is 5.91 Å². The van der Waals surface area contributed by atoms with Crippen LogP contribution in [-0.2, 0) is 33.2 Å². The number of allylic oxidation sites excluding steroid dienone is 7. The lowest BCUT2D eigenvalue weighted by atomic mass is 9.96. The number of hydrogen-bond acceptors (Lipinski definition) is 18. The molecular formula is C61H109NO18. The fraction of sp³-hybridized carbons (Fsp3) is 0.852. The van der Waals surface area contributed by atoms with Crippen LogP contribution in [0.1, 0.15) is 200 Å². The molecule has 466 valence electrons. The molecule has 19 nitrogen and oxygen atoms in total. The summed E-state index contributed by atoms with van der Waals surface area (Å²) in [5.74, 6) is -0.286. The Labute approximate surface area is 478 Å². The predicted octanol–water partition coefficient (Wildman–Crippen LogP) is 5.87. The van der Waals surface area contributed by atoms with Gasteiger partial charge in [-0.3, -0.25) is 4.79 Å². The van der Waals surface area contributed by atoms with Crippen LogP contribution in [0.2, 0.25) is 0 Å². The summed E-state index contributed by atoms with van der Waals surface area (Å²) in [5, 5.41) is 119. The molecular weight excluding hydrogens is 1030 g/mol. The number of carbonyl (C=O) groups excluding carboxylic acids is 1. The number of carbonyl (C=O) groups is 1. The highest BCUT2D eigenvalue weighted by Crippen LogP contribution is 2.33. The Morgan fingerprint density at radius 3 is 1.31 bits per heavy atom. The van der Waals surface area contributed by atoms with Gasteiger partial charge < -0.3 is 89.9 Å². The minimum Gasteiger partial charge on any atom is -0.394 e. The van der Waals surface area contributed by atoms with Gasteiger partial charge in [-0.2, -0.15) is 0 Å². The molecule has 0 radical (unpaired) electrons. The molecule has 0 aromatic carbocycles. The lowest BCUT2D eigenvalue weighted by Gasteiger charge is -2.48. The van der Waals surface area contributed by atoms with Crippen molar-refractivity contribution in [3.63, 3.8) is 0 Å². The second-order valence-electron chi connectivity index (χ2n) is 22.2. The molecule has 3 aliphatic heterocycles. The minimum atomic E-state index is -1.98. The van der Waals surface area contributed by atoms with Gasteiger partial charge in [0.2, 0.25) is 5.91 Å². The largest absolute Gasteiger partial charge is 0.394 e. The number of unbranched alkanes of at least 4 members (excludes halogenated alkanes) is 23. The van der Waals surface area contributed by atoms with Crippen LogP contribution in [0.4, 0.5) is 0 Å². The van der Waals surface area contributed by atoms with Crippen LogP contribution >= 0.6 is 0 Å². The third-order valence-electron chi connectivity index (χ3n) is 15.4. The molecule has 0 aromatic heterocycles. The zero-order chi connectivity index (χ0) is 58.3. The molecule has 17 unspecified atom stereocenters. The standard InChI is InChI=1S/C61H109NO18/c1-3-5-7-9-10-11-12-13-14-15-16-17-18-19-20-21-22-23-24-25-26-27-28-29-30-31-32-33-34-35-37-39-49(67)62-44(45(66)38-36-8-6-4-2)43-75-59-55(73)52(70)57(47(41-64)77-59)80-61-56(74)53(71)58(48(42-65)78-61)79-60-54(72)51(69)50(68)46(40-63)76-60/h12-13,15-16,18-19,36,38,44-48,50-61,63-66,68-74H,3-11,14,17,20-35,37,39-43H2,1-2H3,(H,62,67)/b13-12-,16-15-,19-18-,38-36+. The van der Waals surface area contributed by atoms with Crippen LogP contribution in [0.5, 0.6) is 0 Å². The van der Waals surface area contributed by atoms with E-state index in [1.807, 2.05) is 13.0 Å². The summed E-state index contributed by atoms with van der Waals surface area (Å²) < 4.78 is 34.0. The van der Waals surface area contributed by atoms with Crippen LogP contribution in [-0.4, -0.2) is 193 Å². The van der Waals surface area contributed by atoms with E-state index in [1.54, 1.807) is 6.08 Å². The quantitative estimate of drug-likeness (QED) is 0.0250. The third kappa shape index (κ3) is 27.6.